The summed E-state index contributed by atoms with van der Waals surface area (Å²) in [7, 11) is 0. The van der Waals surface area contributed by atoms with E-state index in [0.717, 1.165) is 10.2 Å². The predicted octanol–water partition coefficient (Wildman–Crippen LogP) is 1.33. The van der Waals surface area contributed by atoms with E-state index in [1.54, 1.807) is 4.57 Å². The zero-order valence-corrected chi connectivity index (χ0v) is 11.6. The first kappa shape index (κ1) is 12.2. The molecular weight excluding hydrogens is 284 g/mol. The number of thiophene rings is 1. The second-order valence-corrected chi connectivity index (χ2v) is 5.53. The number of H-pyrrole nitrogens is 1. The van der Waals surface area contributed by atoms with E-state index in [1.165, 1.54) is 23.1 Å². The highest BCUT2D eigenvalue weighted by Crippen LogP contribution is 2.32. The maximum atomic E-state index is 11.5. The maximum absolute atomic E-state index is 11.5. The van der Waals surface area contributed by atoms with Crippen LogP contribution in [-0.2, 0) is 6.54 Å². The van der Waals surface area contributed by atoms with Gasteiger partial charge < -0.3 is 5.73 Å². The van der Waals surface area contributed by atoms with Gasteiger partial charge in [-0.15, -0.1) is 16.4 Å². The molecule has 3 rings (SSSR count). The van der Waals surface area contributed by atoms with Gasteiger partial charge in [-0.3, -0.25) is 4.57 Å². The molecule has 0 aliphatic heterocycles. The molecule has 0 aromatic carbocycles. The van der Waals surface area contributed by atoms with Crippen molar-refractivity contribution < 1.29 is 0 Å². The summed E-state index contributed by atoms with van der Waals surface area (Å²) in [4.78, 5) is 20.7. The molecule has 3 aromatic rings. The number of rotatable bonds is 3. The molecule has 98 valence electrons. The van der Waals surface area contributed by atoms with E-state index < -0.39 is 0 Å². The lowest BCUT2D eigenvalue weighted by molar-refractivity contribution is 0.660. The Kier molecular flexibility index (Phi) is 2.99. The maximum Gasteiger partial charge on any atom is 0.343 e. The molecule has 0 unspecified atom stereocenters. The Bertz CT molecular complexity index is 789. The molecule has 9 heteroatoms. The van der Waals surface area contributed by atoms with Crippen molar-refractivity contribution in [3.05, 3.63) is 21.9 Å². The highest BCUT2D eigenvalue weighted by Gasteiger charge is 2.13. The van der Waals surface area contributed by atoms with Crippen molar-refractivity contribution in [2.75, 3.05) is 5.73 Å². The van der Waals surface area contributed by atoms with Crippen LogP contribution in [0.25, 0.3) is 10.2 Å². The zero-order valence-electron chi connectivity index (χ0n) is 9.95. The average Bonchev–Trinajstić information content (AvgIpc) is 2.96. The SMILES string of the molecule is CCn1c(Sc2nc(N)nc3sccc23)n[nH]c1=O. The van der Waals surface area contributed by atoms with E-state index in [9.17, 15) is 4.79 Å². The molecule has 3 heterocycles. The van der Waals surface area contributed by atoms with Crippen molar-refractivity contribution in [2.24, 2.45) is 0 Å². The van der Waals surface area contributed by atoms with Crippen molar-refractivity contribution in [2.45, 2.75) is 23.7 Å². The molecular formula is C10H10N6OS2. The summed E-state index contributed by atoms with van der Waals surface area (Å²) in [6, 6.07) is 1.93. The Morgan fingerprint density at radius 3 is 3.16 bits per heavy atom. The fourth-order valence-corrected chi connectivity index (χ4v) is 3.50. The van der Waals surface area contributed by atoms with Crippen LogP contribution in [0.2, 0.25) is 0 Å². The molecule has 3 N–H and O–H groups in total. The minimum atomic E-state index is -0.228. The topological polar surface area (TPSA) is 102 Å². The van der Waals surface area contributed by atoms with Crippen LogP contribution in [0.1, 0.15) is 6.92 Å². The molecule has 0 radical (unpaired) electrons. The number of aromatic nitrogens is 5. The molecule has 0 aliphatic carbocycles. The second-order valence-electron chi connectivity index (χ2n) is 3.68. The first-order valence-corrected chi connectivity index (χ1v) is 7.22. The van der Waals surface area contributed by atoms with Crippen molar-refractivity contribution in [1.82, 2.24) is 24.7 Å². The summed E-state index contributed by atoms with van der Waals surface area (Å²) in [5.74, 6) is 0.221. The molecule has 0 atom stereocenters. The van der Waals surface area contributed by atoms with Gasteiger partial charge in [-0.25, -0.2) is 19.9 Å². The summed E-state index contributed by atoms with van der Waals surface area (Å²) in [5, 5.41) is 10.5. The first-order chi connectivity index (χ1) is 9.19. The van der Waals surface area contributed by atoms with Crippen LogP contribution < -0.4 is 11.4 Å². The van der Waals surface area contributed by atoms with Crippen LogP contribution in [-0.4, -0.2) is 24.7 Å². The Hall–Kier alpha value is -1.87. The van der Waals surface area contributed by atoms with E-state index in [1.807, 2.05) is 18.4 Å². The quantitative estimate of drug-likeness (QED) is 0.706. The molecule has 0 fully saturated rings. The van der Waals surface area contributed by atoms with Gasteiger partial charge in [0, 0.05) is 11.9 Å². The molecule has 3 aromatic heterocycles. The van der Waals surface area contributed by atoms with Crippen molar-refractivity contribution in [3.8, 4) is 0 Å². The van der Waals surface area contributed by atoms with Gasteiger partial charge in [-0.2, -0.15) is 0 Å². The Balaban J connectivity index is 2.10. The van der Waals surface area contributed by atoms with E-state index in [2.05, 4.69) is 20.2 Å². The third-order valence-corrected chi connectivity index (χ3v) is 4.34. The molecule has 0 saturated heterocycles. The first-order valence-electron chi connectivity index (χ1n) is 5.53. The lowest BCUT2D eigenvalue weighted by Crippen LogP contribution is -2.16. The van der Waals surface area contributed by atoms with Crippen molar-refractivity contribution >= 4 is 39.3 Å². The second kappa shape index (κ2) is 4.67. The number of hydrogen-bond acceptors (Lipinski definition) is 7. The van der Waals surface area contributed by atoms with Crippen LogP contribution in [0.15, 0.2) is 26.4 Å². The highest BCUT2D eigenvalue weighted by molar-refractivity contribution is 7.99. The molecule has 0 aliphatic rings. The molecule has 0 bridgehead atoms. The number of nitrogens with zero attached hydrogens (tertiary/aromatic N) is 4. The molecule has 0 amide bonds. The normalized spacial score (nSPS) is 11.2. The van der Waals surface area contributed by atoms with Crippen molar-refractivity contribution in [3.63, 3.8) is 0 Å². The van der Waals surface area contributed by atoms with Crippen LogP contribution in [0, 0.1) is 0 Å². The van der Waals surface area contributed by atoms with E-state index in [4.69, 9.17) is 5.73 Å². The fraction of sp³-hybridized carbons (Fsp3) is 0.200. The number of aromatic amines is 1. The third kappa shape index (κ3) is 2.10. The Morgan fingerprint density at radius 2 is 2.37 bits per heavy atom. The van der Waals surface area contributed by atoms with Gasteiger partial charge in [0.25, 0.3) is 0 Å². The van der Waals surface area contributed by atoms with Gasteiger partial charge in [-0.05, 0) is 30.1 Å². The zero-order chi connectivity index (χ0) is 13.4. The van der Waals surface area contributed by atoms with Crippen LogP contribution in [0.4, 0.5) is 5.95 Å². The van der Waals surface area contributed by atoms with Gasteiger partial charge in [0.1, 0.15) is 9.86 Å². The van der Waals surface area contributed by atoms with Gasteiger partial charge in [-0.1, -0.05) is 0 Å². The smallest absolute Gasteiger partial charge is 0.343 e. The van der Waals surface area contributed by atoms with Gasteiger partial charge in [0.2, 0.25) is 5.95 Å². The predicted molar refractivity (Wildman–Crippen MR) is 74.5 cm³/mol. The number of fused-ring (bicyclic) bond motifs is 1. The molecule has 7 nitrogen and oxygen atoms in total. The Morgan fingerprint density at radius 1 is 1.53 bits per heavy atom. The summed E-state index contributed by atoms with van der Waals surface area (Å²) >= 11 is 2.80. The number of nitrogens with one attached hydrogen (secondary N) is 1. The summed E-state index contributed by atoms with van der Waals surface area (Å²) in [6.45, 7) is 2.43. The Labute approximate surface area is 115 Å². The fourth-order valence-electron chi connectivity index (χ4n) is 1.67. The van der Waals surface area contributed by atoms with Gasteiger partial charge in [0.15, 0.2) is 5.16 Å². The van der Waals surface area contributed by atoms with Crippen LogP contribution in [0.5, 0.6) is 0 Å². The number of anilines is 1. The van der Waals surface area contributed by atoms with Crippen molar-refractivity contribution in [1.29, 1.82) is 0 Å². The van der Waals surface area contributed by atoms with Crippen LogP contribution >= 0.6 is 23.1 Å². The minimum absolute atomic E-state index is 0.221. The summed E-state index contributed by atoms with van der Waals surface area (Å²) in [6.07, 6.45) is 0. The third-order valence-electron chi connectivity index (χ3n) is 2.53. The number of hydrogen-bond donors (Lipinski definition) is 2. The monoisotopic (exact) mass is 294 g/mol. The standard InChI is InChI=1S/C10H10N6OS2/c1-2-16-9(17)14-15-10(16)19-7-5-3-4-18-6(5)12-8(11)13-7/h3-4H,2H2,1H3,(H,14,17)(H2,11,12,13). The lowest BCUT2D eigenvalue weighted by atomic mass is 10.4. The van der Waals surface area contributed by atoms with E-state index in [-0.39, 0.29) is 11.6 Å². The molecule has 0 spiro atoms. The molecule has 0 saturated carbocycles. The summed E-state index contributed by atoms with van der Waals surface area (Å²) < 4.78 is 1.54. The lowest BCUT2D eigenvalue weighted by Gasteiger charge is -2.03. The average molecular weight is 294 g/mol. The van der Waals surface area contributed by atoms with Gasteiger partial charge in [0.05, 0.1) is 0 Å². The largest absolute Gasteiger partial charge is 0.368 e. The highest BCUT2D eigenvalue weighted by atomic mass is 32.2. The van der Waals surface area contributed by atoms with E-state index >= 15 is 0 Å². The molecule has 19 heavy (non-hydrogen) atoms. The van der Waals surface area contributed by atoms with Gasteiger partial charge >= 0.3 is 5.69 Å². The number of nitrogens with two attached hydrogens (primary N) is 1. The summed E-state index contributed by atoms with van der Waals surface area (Å²) in [5.41, 5.74) is 5.46. The minimum Gasteiger partial charge on any atom is -0.368 e. The van der Waals surface area contributed by atoms with E-state index in [0.29, 0.717) is 16.7 Å². The van der Waals surface area contributed by atoms with Crippen LogP contribution in [0.3, 0.4) is 0 Å². The number of nitrogen functional groups attached to an aromatic ring is 1.